The molecule has 0 atom stereocenters. The number of aromatic hydroxyl groups is 1. The Labute approximate surface area is 130 Å². The third kappa shape index (κ3) is 3.53. The number of nitrogens with one attached hydrogen (secondary N) is 1. The number of hydrogen-bond acceptors (Lipinski definition) is 5. The monoisotopic (exact) mass is 321 g/mol. The van der Waals surface area contributed by atoms with Crippen LogP contribution in [0.25, 0.3) is 0 Å². The van der Waals surface area contributed by atoms with Crippen LogP contribution < -0.4 is 10.7 Å². The summed E-state index contributed by atoms with van der Waals surface area (Å²) < 4.78 is 4.88. The Morgan fingerprint density at radius 1 is 1.32 bits per heavy atom. The topological polar surface area (TPSA) is 96.6 Å². The van der Waals surface area contributed by atoms with E-state index in [1.165, 1.54) is 0 Å². The number of anilines is 1. The first-order chi connectivity index (χ1) is 10.4. The number of carbonyl (C=O) groups is 2. The molecule has 0 saturated heterocycles. The van der Waals surface area contributed by atoms with Crippen molar-refractivity contribution in [1.29, 1.82) is 0 Å². The lowest BCUT2D eigenvalue weighted by atomic mass is 10.1. The van der Waals surface area contributed by atoms with Crippen molar-refractivity contribution in [3.63, 3.8) is 0 Å². The van der Waals surface area contributed by atoms with Crippen molar-refractivity contribution in [2.75, 3.05) is 5.32 Å². The van der Waals surface area contributed by atoms with Gasteiger partial charge in [-0.1, -0.05) is 11.6 Å². The van der Waals surface area contributed by atoms with Crippen LogP contribution in [0.4, 0.5) is 5.69 Å². The lowest BCUT2D eigenvalue weighted by molar-refractivity contribution is -0.134. The molecule has 0 radical (unpaired) electrons. The van der Waals surface area contributed by atoms with Crippen molar-refractivity contribution in [2.45, 2.75) is 13.3 Å². The first kappa shape index (κ1) is 15.8. The van der Waals surface area contributed by atoms with E-state index in [4.69, 9.17) is 16.0 Å². The zero-order valence-electron chi connectivity index (χ0n) is 11.6. The van der Waals surface area contributed by atoms with Crippen LogP contribution in [0.3, 0.4) is 0 Å². The maximum absolute atomic E-state index is 11.9. The molecule has 1 amide bonds. The highest BCUT2D eigenvalue weighted by Gasteiger charge is 2.19. The predicted molar refractivity (Wildman–Crippen MR) is 80.2 cm³/mol. The molecule has 6 nitrogen and oxygen atoms in total. The fraction of sp³-hybridized carbons (Fsp3) is 0.133. The summed E-state index contributed by atoms with van der Waals surface area (Å²) in [4.78, 5) is 34.9. The van der Waals surface area contributed by atoms with Crippen molar-refractivity contribution >= 4 is 29.0 Å². The molecule has 1 aromatic heterocycles. The van der Waals surface area contributed by atoms with Gasteiger partial charge in [0.25, 0.3) is 5.91 Å². The molecule has 0 aliphatic carbocycles. The molecule has 7 heteroatoms. The highest BCUT2D eigenvalue weighted by molar-refractivity contribution is 6.41. The van der Waals surface area contributed by atoms with Crippen LogP contribution in [0.5, 0.6) is 5.75 Å². The van der Waals surface area contributed by atoms with Gasteiger partial charge in [0.15, 0.2) is 5.76 Å². The minimum Gasteiger partial charge on any atom is -0.502 e. The molecular formula is C15H12ClNO5. The number of ketones is 1. The van der Waals surface area contributed by atoms with Gasteiger partial charge in [-0.2, -0.15) is 0 Å². The molecule has 0 saturated carbocycles. The van der Waals surface area contributed by atoms with Crippen molar-refractivity contribution in [3.05, 3.63) is 57.1 Å². The first-order valence-corrected chi connectivity index (χ1v) is 6.66. The summed E-state index contributed by atoms with van der Waals surface area (Å²) in [5.74, 6) is -2.65. The summed E-state index contributed by atoms with van der Waals surface area (Å²) in [5, 5.41) is 12.4. The van der Waals surface area contributed by atoms with Gasteiger partial charge in [-0.05, 0) is 30.7 Å². The molecule has 1 aromatic carbocycles. The molecule has 1 heterocycles. The van der Waals surface area contributed by atoms with E-state index in [1.54, 1.807) is 25.1 Å². The summed E-state index contributed by atoms with van der Waals surface area (Å²) in [6, 6.07) is 5.81. The van der Waals surface area contributed by atoms with Gasteiger partial charge in [0.2, 0.25) is 17.0 Å². The summed E-state index contributed by atoms with van der Waals surface area (Å²) in [6.45, 7) is 1.73. The summed E-state index contributed by atoms with van der Waals surface area (Å²) in [7, 11) is 0. The van der Waals surface area contributed by atoms with Gasteiger partial charge in [-0.3, -0.25) is 14.4 Å². The third-order valence-corrected chi connectivity index (χ3v) is 3.17. The lowest BCUT2D eigenvalue weighted by Crippen LogP contribution is -2.25. The van der Waals surface area contributed by atoms with E-state index in [0.717, 1.165) is 12.3 Å². The second-order valence-electron chi connectivity index (χ2n) is 4.57. The van der Waals surface area contributed by atoms with Crippen LogP contribution >= 0.6 is 11.6 Å². The van der Waals surface area contributed by atoms with Crippen molar-refractivity contribution in [1.82, 2.24) is 0 Å². The maximum Gasteiger partial charge on any atom is 0.292 e. The van der Waals surface area contributed by atoms with Gasteiger partial charge in [-0.25, -0.2) is 0 Å². The molecule has 22 heavy (non-hydrogen) atoms. The minimum atomic E-state index is -0.878. The van der Waals surface area contributed by atoms with E-state index in [2.05, 4.69) is 5.32 Å². The molecule has 0 unspecified atom stereocenters. The Balaban J connectivity index is 2.11. The molecule has 0 aliphatic heterocycles. The average Bonchev–Trinajstić information content (AvgIpc) is 2.46. The van der Waals surface area contributed by atoms with Crippen LogP contribution in [0, 0.1) is 6.92 Å². The third-order valence-electron chi connectivity index (χ3n) is 2.94. The van der Waals surface area contributed by atoms with E-state index >= 15 is 0 Å². The normalized spacial score (nSPS) is 10.3. The Morgan fingerprint density at radius 2 is 2.05 bits per heavy atom. The number of Topliss-reactive ketones (excluding diaryl/α,β-unsaturated/α-hetero) is 1. The second kappa shape index (κ2) is 6.44. The van der Waals surface area contributed by atoms with Crippen molar-refractivity contribution in [3.8, 4) is 5.75 Å². The fourth-order valence-electron chi connectivity index (χ4n) is 1.76. The van der Waals surface area contributed by atoms with Gasteiger partial charge in [-0.15, -0.1) is 0 Å². The summed E-state index contributed by atoms with van der Waals surface area (Å²) >= 11 is 5.81. The highest BCUT2D eigenvalue weighted by Crippen LogP contribution is 2.20. The lowest BCUT2D eigenvalue weighted by Gasteiger charge is -2.08. The number of rotatable bonds is 4. The molecule has 0 fully saturated rings. The molecule has 0 bridgehead atoms. The zero-order valence-corrected chi connectivity index (χ0v) is 12.3. The molecule has 114 valence electrons. The number of aryl methyl sites for hydroxylation is 1. The van der Waals surface area contributed by atoms with Crippen LogP contribution in [-0.4, -0.2) is 16.8 Å². The Morgan fingerprint density at radius 3 is 2.73 bits per heavy atom. The molecular weight excluding hydrogens is 310 g/mol. The van der Waals surface area contributed by atoms with Gasteiger partial charge in [0.1, 0.15) is 0 Å². The predicted octanol–water partition coefficient (Wildman–Crippen LogP) is 2.06. The van der Waals surface area contributed by atoms with Gasteiger partial charge in [0.05, 0.1) is 12.7 Å². The summed E-state index contributed by atoms with van der Waals surface area (Å²) in [6.07, 6.45) is 0.534. The number of carbonyl (C=O) groups excluding carboxylic acids is 2. The van der Waals surface area contributed by atoms with E-state index in [-0.39, 0.29) is 5.76 Å². The van der Waals surface area contributed by atoms with Gasteiger partial charge in [0, 0.05) is 16.8 Å². The number of hydrogen-bond donors (Lipinski definition) is 2. The number of benzene rings is 1. The average molecular weight is 322 g/mol. The van der Waals surface area contributed by atoms with Gasteiger partial charge < -0.3 is 14.8 Å². The molecule has 0 aliphatic rings. The van der Waals surface area contributed by atoms with Crippen molar-refractivity contribution < 1.29 is 19.1 Å². The summed E-state index contributed by atoms with van der Waals surface area (Å²) in [5.41, 5.74) is 0.465. The molecule has 2 N–H and O–H groups in total. The van der Waals surface area contributed by atoms with Crippen LogP contribution in [-0.2, 0) is 16.0 Å². The highest BCUT2D eigenvalue weighted by atomic mass is 35.5. The standard InChI is InChI=1S/C15H12ClNO5/c1-8-6-9(16)2-3-10(8)17-15(21)12(19)7-13-14(20)11(18)4-5-22-13/h2-6,20H,7H2,1H3,(H,17,21). The number of halogens is 1. The maximum atomic E-state index is 11.9. The minimum absolute atomic E-state index is 0.250. The van der Waals surface area contributed by atoms with E-state index in [1.807, 2.05) is 0 Å². The van der Waals surface area contributed by atoms with Crippen LogP contribution in [0.2, 0.25) is 5.02 Å². The molecule has 0 spiro atoms. The first-order valence-electron chi connectivity index (χ1n) is 6.28. The van der Waals surface area contributed by atoms with Crippen LogP contribution in [0.1, 0.15) is 11.3 Å². The van der Waals surface area contributed by atoms with Crippen LogP contribution in [0.15, 0.2) is 39.7 Å². The fourth-order valence-corrected chi connectivity index (χ4v) is 1.99. The van der Waals surface area contributed by atoms with Gasteiger partial charge >= 0.3 is 0 Å². The van der Waals surface area contributed by atoms with E-state index < -0.39 is 29.3 Å². The van der Waals surface area contributed by atoms with Crippen molar-refractivity contribution in [2.24, 2.45) is 0 Å². The quantitative estimate of drug-likeness (QED) is 0.840. The zero-order chi connectivity index (χ0) is 16.3. The Kier molecular flexibility index (Phi) is 4.62. The Bertz CT molecular complexity index is 797. The Hall–Kier alpha value is -2.60. The molecule has 2 aromatic rings. The second-order valence-corrected chi connectivity index (χ2v) is 5.01. The largest absolute Gasteiger partial charge is 0.502 e. The van der Waals surface area contributed by atoms with E-state index in [0.29, 0.717) is 16.3 Å². The SMILES string of the molecule is Cc1cc(Cl)ccc1NC(=O)C(=O)Cc1occc(=O)c1O. The number of amides is 1. The smallest absolute Gasteiger partial charge is 0.292 e. The van der Waals surface area contributed by atoms with E-state index in [9.17, 15) is 19.5 Å². The molecule has 2 rings (SSSR count).